The van der Waals surface area contributed by atoms with Crippen LogP contribution >= 0.6 is 0 Å². The molecule has 8 heteroatoms. The minimum Gasteiger partial charge on any atom is -0.481 e. The Morgan fingerprint density at radius 3 is 2.48 bits per heavy atom. The van der Waals surface area contributed by atoms with E-state index in [4.69, 9.17) is 5.11 Å². The molecule has 0 spiro atoms. The van der Waals surface area contributed by atoms with Crippen LogP contribution in [0.25, 0.3) is 0 Å². The number of sulfonamides is 1. The fraction of sp³-hybridized carbons (Fsp3) is 0.385. The van der Waals surface area contributed by atoms with Gasteiger partial charge in [0.1, 0.15) is 0 Å². The first-order valence-corrected chi connectivity index (χ1v) is 7.71. The first-order chi connectivity index (χ1) is 9.73. The van der Waals surface area contributed by atoms with E-state index in [1.54, 1.807) is 6.07 Å². The van der Waals surface area contributed by atoms with E-state index in [-0.39, 0.29) is 30.1 Å². The van der Waals surface area contributed by atoms with Crippen molar-refractivity contribution in [1.82, 2.24) is 4.31 Å². The number of carboxylic acid groups (broad SMARTS) is 1. The highest BCUT2D eigenvalue weighted by atomic mass is 32.2. The highest BCUT2D eigenvalue weighted by molar-refractivity contribution is 7.89. The van der Waals surface area contributed by atoms with Crippen LogP contribution in [-0.4, -0.2) is 43.8 Å². The molecular formula is C13H18N2O5S. The van der Waals surface area contributed by atoms with Crippen LogP contribution in [0.5, 0.6) is 0 Å². The van der Waals surface area contributed by atoms with Crippen molar-refractivity contribution in [2.45, 2.75) is 24.2 Å². The number of carbonyl (C=O) groups is 2. The molecule has 0 saturated carbocycles. The number of nitrogens with zero attached hydrogens (tertiary/aromatic N) is 1. The fourth-order valence-electron chi connectivity index (χ4n) is 1.57. The first-order valence-electron chi connectivity index (χ1n) is 6.27. The summed E-state index contributed by atoms with van der Waals surface area (Å²) in [6, 6.07) is 5.91. The Labute approximate surface area is 123 Å². The number of rotatable bonds is 7. The molecule has 1 aromatic rings. The molecule has 0 saturated heterocycles. The third kappa shape index (κ3) is 5.16. The number of anilines is 1. The Morgan fingerprint density at radius 2 is 1.90 bits per heavy atom. The fourth-order valence-corrected chi connectivity index (χ4v) is 2.52. The van der Waals surface area contributed by atoms with Crippen molar-refractivity contribution >= 4 is 27.6 Å². The zero-order chi connectivity index (χ0) is 16.0. The summed E-state index contributed by atoms with van der Waals surface area (Å²) in [4.78, 5) is 22.1. The molecule has 0 bridgehead atoms. The number of carbonyl (C=O) groups excluding carboxylic acids is 1. The van der Waals surface area contributed by atoms with Gasteiger partial charge in [-0.2, -0.15) is 0 Å². The van der Waals surface area contributed by atoms with Crippen LogP contribution < -0.4 is 5.32 Å². The SMILES string of the molecule is CN(C)S(=O)(=O)c1cccc(NC(=O)CCCC(=O)O)c1. The molecule has 0 unspecified atom stereocenters. The van der Waals surface area contributed by atoms with Crippen LogP contribution in [0, 0.1) is 0 Å². The van der Waals surface area contributed by atoms with E-state index in [2.05, 4.69) is 5.32 Å². The molecule has 0 heterocycles. The standard InChI is InChI=1S/C13H18N2O5S/c1-15(2)21(19,20)11-6-3-5-10(9-11)14-12(16)7-4-8-13(17)18/h3,5-6,9H,4,7-8H2,1-2H3,(H,14,16)(H,17,18). The third-order valence-corrected chi connectivity index (χ3v) is 4.50. The lowest BCUT2D eigenvalue weighted by Crippen LogP contribution is -2.22. The van der Waals surface area contributed by atoms with Gasteiger partial charge >= 0.3 is 5.97 Å². The number of nitrogens with one attached hydrogen (secondary N) is 1. The zero-order valence-corrected chi connectivity index (χ0v) is 12.7. The maximum Gasteiger partial charge on any atom is 0.303 e. The average molecular weight is 314 g/mol. The Bertz CT molecular complexity index is 625. The molecule has 2 N–H and O–H groups in total. The molecule has 1 rings (SSSR count). The Morgan fingerprint density at radius 1 is 1.24 bits per heavy atom. The summed E-state index contributed by atoms with van der Waals surface area (Å²) in [5.41, 5.74) is 0.359. The van der Waals surface area contributed by atoms with E-state index in [1.165, 1.54) is 32.3 Å². The van der Waals surface area contributed by atoms with Gasteiger partial charge in [0.05, 0.1) is 4.90 Å². The molecule has 0 atom stereocenters. The molecule has 0 aromatic heterocycles. The van der Waals surface area contributed by atoms with Gasteiger partial charge in [0.25, 0.3) is 0 Å². The summed E-state index contributed by atoms with van der Waals surface area (Å²) in [5.74, 6) is -1.31. The van der Waals surface area contributed by atoms with Crippen molar-refractivity contribution < 1.29 is 23.1 Å². The van der Waals surface area contributed by atoms with Crippen LogP contribution in [0.4, 0.5) is 5.69 Å². The van der Waals surface area contributed by atoms with Crippen molar-refractivity contribution in [1.29, 1.82) is 0 Å². The van der Waals surface area contributed by atoms with Gasteiger partial charge in [-0.3, -0.25) is 9.59 Å². The number of amides is 1. The van der Waals surface area contributed by atoms with E-state index in [1.807, 2.05) is 0 Å². The van der Waals surface area contributed by atoms with Crippen LogP contribution in [0.2, 0.25) is 0 Å². The van der Waals surface area contributed by atoms with Crippen molar-refractivity contribution in [3.63, 3.8) is 0 Å². The average Bonchev–Trinajstić information content (AvgIpc) is 2.38. The van der Waals surface area contributed by atoms with Crippen LogP contribution in [0.3, 0.4) is 0 Å². The lowest BCUT2D eigenvalue weighted by Gasteiger charge is -2.12. The van der Waals surface area contributed by atoms with Crippen molar-refractivity contribution in [3.8, 4) is 0 Å². The van der Waals surface area contributed by atoms with Crippen LogP contribution in [-0.2, 0) is 19.6 Å². The highest BCUT2D eigenvalue weighted by Crippen LogP contribution is 2.18. The quantitative estimate of drug-likeness (QED) is 0.785. The summed E-state index contributed by atoms with van der Waals surface area (Å²) >= 11 is 0. The summed E-state index contributed by atoms with van der Waals surface area (Å²) in [6.07, 6.45) is 0.219. The van der Waals surface area contributed by atoms with Crippen LogP contribution in [0.15, 0.2) is 29.2 Å². The number of hydrogen-bond donors (Lipinski definition) is 2. The highest BCUT2D eigenvalue weighted by Gasteiger charge is 2.17. The predicted octanol–water partition coefficient (Wildman–Crippen LogP) is 1.13. The largest absolute Gasteiger partial charge is 0.481 e. The minimum absolute atomic E-state index is 0.0664. The molecule has 0 fully saturated rings. The molecular weight excluding hydrogens is 296 g/mol. The third-order valence-electron chi connectivity index (χ3n) is 2.69. The molecule has 0 aliphatic rings. The smallest absolute Gasteiger partial charge is 0.303 e. The minimum atomic E-state index is -3.56. The number of hydrogen-bond acceptors (Lipinski definition) is 4. The normalized spacial score (nSPS) is 11.4. The van der Waals surface area contributed by atoms with Crippen molar-refractivity contribution in [3.05, 3.63) is 24.3 Å². The lowest BCUT2D eigenvalue weighted by molar-refractivity contribution is -0.137. The molecule has 21 heavy (non-hydrogen) atoms. The van der Waals surface area contributed by atoms with Crippen molar-refractivity contribution in [2.75, 3.05) is 19.4 Å². The first kappa shape index (κ1) is 17.1. The molecule has 1 amide bonds. The molecule has 0 aliphatic heterocycles. The van der Waals surface area contributed by atoms with Crippen LogP contribution in [0.1, 0.15) is 19.3 Å². The van der Waals surface area contributed by atoms with Gasteiger partial charge < -0.3 is 10.4 Å². The summed E-state index contributed by atoms with van der Waals surface area (Å²) in [7, 11) is -0.713. The number of carboxylic acids is 1. The molecule has 116 valence electrons. The van der Waals surface area contributed by atoms with E-state index in [9.17, 15) is 18.0 Å². The zero-order valence-electron chi connectivity index (χ0n) is 11.9. The van der Waals surface area contributed by atoms with Gasteiger partial charge in [-0.25, -0.2) is 12.7 Å². The Kier molecular flexibility index (Phi) is 5.86. The van der Waals surface area contributed by atoms with Gasteiger partial charge in [-0.15, -0.1) is 0 Å². The van der Waals surface area contributed by atoms with Gasteiger partial charge in [-0.1, -0.05) is 6.07 Å². The van der Waals surface area contributed by atoms with E-state index < -0.39 is 16.0 Å². The van der Waals surface area contributed by atoms with Gasteiger partial charge in [-0.05, 0) is 24.6 Å². The summed E-state index contributed by atoms with van der Waals surface area (Å²) in [6.45, 7) is 0. The second-order valence-electron chi connectivity index (χ2n) is 4.61. The molecule has 7 nitrogen and oxygen atoms in total. The monoisotopic (exact) mass is 314 g/mol. The van der Waals surface area contributed by atoms with Gasteiger partial charge in [0, 0.05) is 32.6 Å². The van der Waals surface area contributed by atoms with Gasteiger partial charge in [0.2, 0.25) is 15.9 Å². The Balaban J connectivity index is 2.73. The van der Waals surface area contributed by atoms with E-state index in [0.717, 1.165) is 4.31 Å². The Hall–Kier alpha value is -1.93. The topological polar surface area (TPSA) is 104 Å². The van der Waals surface area contributed by atoms with Gasteiger partial charge in [0.15, 0.2) is 0 Å². The molecule has 0 aliphatic carbocycles. The summed E-state index contributed by atoms with van der Waals surface area (Å²) in [5, 5.41) is 11.0. The van der Waals surface area contributed by atoms with E-state index in [0.29, 0.717) is 5.69 Å². The summed E-state index contributed by atoms with van der Waals surface area (Å²) < 4.78 is 25.0. The maximum absolute atomic E-state index is 12.0. The predicted molar refractivity (Wildman–Crippen MR) is 77.4 cm³/mol. The number of benzene rings is 1. The molecule has 1 aromatic carbocycles. The molecule has 0 radical (unpaired) electrons. The van der Waals surface area contributed by atoms with E-state index >= 15 is 0 Å². The maximum atomic E-state index is 12.0. The second kappa shape index (κ2) is 7.19. The number of aliphatic carboxylic acids is 1. The lowest BCUT2D eigenvalue weighted by atomic mass is 10.2. The van der Waals surface area contributed by atoms with Crippen molar-refractivity contribution in [2.24, 2.45) is 0 Å². The second-order valence-corrected chi connectivity index (χ2v) is 6.76.